The molecular formula is C49H93NO4. The lowest BCUT2D eigenvalue weighted by Crippen LogP contribution is -2.32. The van der Waals surface area contributed by atoms with Crippen molar-refractivity contribution in [2.24, 2.45) is 0 Å². The quantitative estimate of drug-likeness (QED) is 0.0458. The molecule has 5 nitrogen and oxygen atoms in total. The molecule has 0 spiro atoms. The van der Waals surface area contributed by atoms with Crippen LogP contribution in [-0.4, -0.2) is 69.5 Å². The molecule has 0 aromatic rings. The fraction of sp³-hybridized carbons (Fsp3) is 0.878. The van der Waals surface area contributed by atoms with Crippen LogP contribution < -0.4 is 0 Å². The van der Waals surface area contributed by atoms with Crippen molar-refractivity contribution in [3.63, 3.8) is 0 Å². The van der Waals surface area contributed by atoms with Gasteiger partial charge < -0.3 is 23.8 Å². The molecule has 0 radical (unpaired) electrons. The van der Waals surface area contributed by atoms with Gasteiger partial charge in [-0.2, -0.15) is 0 Å². The van der Waals surface area contributed by atoms with Crippen molar-refractivity contribution < 1.29 is 18.9 Å². The van der Waals surface area contributed by atoms with Crippen LogP contribution in [0.1, 0.15) is 214 Å². The monoisotopic (exact) mass is 760 g/mol. The van der Waals surface area contributed by atoms with E-state index in [2.05, 4.69) is 76.1 Å². The Bertz CT molecular complexity index is 859. The third-order valence-electron chi connectivity index (χ3n) is 11.0. The Morgan fingerprint density at radius 3 is 1.33 bits per heavy atom. The Morgan fingerprint density at radius 2 is 0.870 bits per heavy atom. The Labute approximate surface area is 337 Å². The molecule has 54 heavy (non-hydrogen) atoms. The van der Waals surface area contributed by atoms with Gasteiger partial charge in [-0.15, -0.1) is 0 Å². The zero-order valence-electron chi connectivity index (χ0n) is 36.9. The lowest BCUT2D eigenvalue weighted by molar-refractivity contribution is -0.173. The molecule has 5 heteroatoms. The molecule has 1 heterocycles. The van der Waals surface area contributed by atoms with E-state index in [-0.39, 0.29) is 12.2 Å². The molecule has 1 rings (SSSR count). The fourth-order valence-electron chi connectivity index (χ4n) is 7.25. The van der Waals surface area contributed by atoms with Gasteiger partial charge in [-0.3, -0.25) is 0 Å². The highest BCUT2D eigenvalue weighted by molar-refractivity contribution is 4.92. The number of unbranched alkanes of at least 4 members (excludes halogenated alkanes) is 22. The van der Waals surface area contributed by atoms with Crippen LogP contribution >= 0.6 is 0 Å². The number of hydrogen-bond donors (Lipinski definition) is 0. The summed E-state index contributed by atoms with van der Waals surface area (Å²) in [6.45, 7) is 13.9. The maximum Gasteiger partial charge on any atom is 0.166 e. The van der Waals surface area contributed by atoms with Crippen LogP contribution in [0.3, 0.4) is 0 Å². The Morgan fingerprint density at radius 1 is 0.481 bits per heavy atom. The van der Waals surface area contributed by atoms with E-state index >= 15 is 0 Å². The summed E-state index contributed by atoms with van der Waals surface area (Å²) in [5.74, 6) is -0.545. The van der Waals surface area contributed by atoms with Crippen molar-refractivity contribution in [2.45, 2.75) is 232 Å². The topological polar surface area (TPSA) is 40.2 Å². The summed E-state index contributed by atoms with van der Waals surface area (Å²) >= 11 is 0. The minimum atomic E-state index is -0.545. The highest BCUT2D eigenvalue weighted by Gasteiger charge is 2.44. The molecule has 0 aliphatic carbocycles. The first kappa shape index (κ1) is 51.0. The lowest BCUT2D eigenvalue weighted by atomic mass is 10.1. The third-order valence-corrected chi connectivity index (χ3v) is 11.0. The Hall–Kier alpha value is -0.980. The molecule has 0 amide bonds. The number of hydrogen-bond acceptors (Lipinski definition) is 5. The summed E-state index contributed by atoms with van der Waals surface area (Å²) in [4.78, 5) is 2.37. The molecule has 0 aromatic carbocycles. The molecule has 1 aliphatic rings. The molecule has 0 saturated carbocycles. The van der Waals surface area contributed by atoms with Crippen LogP contribution in [0.2, 0.25) is 0 Å². The van der Waals surface area contributed by atoms with Gasteiger partial charge in [-0.25, -0.2) is 0 Å². The zero-order chi connectivity index (χ0) is 39.1. The van der Waals surface area contributed by atoms with Crippen molar-refractivity contribution in [1.82, 2.24) is 4.90 Å². The van der Waals surface area contributed by atoms with Gasteiger partial charge in [0.05, 0.1) is 13.2 Å². The molecule has 1 fully saturated rings. The maximum atomic E-state index is 6.56. The average molecular weight is 760 g/mol. The van der Waals surface area contributed by atoms with Crippen LogP contribution in [0.15, 0.2) is 36.5 Å². The van der Waals surface area contributed by atoms with Crippen molar-refractivity contribution in [3.8, 4) is 0 Å². The molecule has 0 bridgehead atoms. The maximum absolute atomic E-state index is 6.56. The molecule has 3 atom stereocenters. The van der Waals surface area contributed by atoms with Gasteiger partial charge in [0, 0.05) is 19.6 Å². The summed E-state index contributed by atoms with van der Waals surface area (Å²) in [6.07, 6.45) is 51.0. The number of ether oxygens (including phenoxy) is 4. The van der Waals surface area contributed by atoms with E-state index in [1.54, 1.807) is 0 Å². The van der Waals surface area contributed by atoms with E-state index in [0.29, 0.717) is 13.2 Å². The second-order valence-corrected chi connectivity index (χ2v) is 16.5. The average Bonchev–Trinajstić information content (AvgIpc) is 3.50. The van der Waals surface area contributed by atoms with Crippen LogP contribution in [-0.2, 0) is 18.9 Å². The Kier molecular flexibility index (Phi) is 36.7. The van der Waals surface area contributed by atoms with E-state index in [4.69, 9.17) is 18.9 Å². The number of nitrogens with zero attached hydrogens (tertiary/aromatic N) is 1. The second-order valence-electron chi connectivity index (χ2n) is 16.5. The number of rotatable bonds is 41. The summed E-state index contributed by atoms with van der Waals surface area (Å²) in [5.41, 5.74) is 0. The predicted molar refractivity (Wildman–Crippen MR) is 236 cm³/mol. The smallest absolute Gasteiger partial charge is 0.166 e. The van der Waals surface area contributed by atoms with Crippen LogP contribution in [0.4, 0.5) is 0 Å². The van der Waals surface area contributed by atoms with Crippen molar-refractivity contribution in [1.29, 1.82) is 0 Å². The van der Waals surface area contributed by atoms with Gasteiger partial charge in [0.25, 0.3) is 0 Å². The molecule has 1 aliphatic heterocycles. The molecule has 1 saturated heterocycles. The highest BCUT2D eigenvalue weighted by Crippen LogP contribution is 2.33. The van der Waals surface area contributed by atoms with Crippen molar-refractivity contribution in [2.75, 3.05) is 46.6 Å². The summed E-state index contributed by atoms with van der Waals surface area (Å²) in [7, 11) is 2.19. The summed E-state index contributed by atoms with van der Waals surface area (Å²) in [6, 6.07) is 0. The van der Waals surface area contributed by atoms with Gasteiger partial charge in [0.2, 0.25) is 0 Å². The van der Waals surface area contributed by atoms with Crippen LogP contribution in [0.5, 0.6) is 0 Å². The zero-order valence-corrected chi connectivity index (χ0v) is 36.9. The predicted octanol–water partition coefficient (Wildman–Crippen LogP) is 14.5. The normalized spacial score (nSPS) is 19.2. The van der Waals surface area contributed by atoms with E-state index in [9.17, 15) is 0 Å². The Balaban J connectivity index is 2.18. The minimum absolute atomic E-state index is 0.0571. The third kappa shape index (κ3) is 32.1. The van der Waals surface area contributed by atoms with Crippen LogP contribution in [0, 0.1) is 0 Å². The second kappa shape index (κ2) is 38.9. The molecule has 0 N–H and O–H groups in total. The van der Waals surface area contributed by atoms with Gasteiger partial charge in [-0.1, -0.05) is 154 Å². The first-order valence-corrected chi connectivity index (χ1v) is 23.7. The largest absolute Gasteiger partial charge is 0.379 e. The molecule has 0 aromatic heterocycles. The SMILES string of the molecule is CCCCC/C=C\C/C=C\CCCCCCCCOCC1OC(C)(CCCCN(C)CC)OC1COCCCCCCCC/C=C\CCCCCCCC. The molecular weight excluding hydrogens is 667 g/mol. The highest BCUT2D eigenvalue weighted by atomic mass is 16.8. The number of allylic oxidation sites excluding steroid dienone is 6. The van der Waals surface area contributed by atoms with E-state index in [1.807, 2.05) is 0 Å². The van der Waals surface area contributed by atoms with Gasteiger partial charge >= 0.3 is 0 Å². The lowest BCUT2D eigenvalue weighted by Gasteiger charge is -2.24. The van der Waals surface area contributed by atoms with Crippen LogP contribution in [0.25, 0.3) is 0 Å². The minimum Gasteiger partial charge on any atom is -0.379 e. The summed E-state index contributed by atoms with van der Waals surface area (Å²) < 4.78 is 25.5. The van der Waals surface area contributed by atoms with Crippen molar-refractivity contribution >= 4 is 0 Å². The van der Waals surface area contributed by atoms with Gasteiger partial charge in [0.1, 0.15) is 12.2 Å². The fourth-order valence-corrected chi connectivity index (χ4v) is 7.25. The molecule has 3 unspecified atom stereocenters. The standard InChI is InChI=1S/C49H93NO4/c1-6-9-11-13-15-17-19-21-23-25-27-29-31-33-35-39-43-51-45-47-48(54-49(4,53-47)41-37-38-42-50(5)8-3)46-52-44-40-36-34-32-30-28-26-24-22-20-18-16-14-12-10-7-2/h15,17,21-24,47-48H,6-14,16,18-20,25-46H2,1-5H3/b17-15-,23-21-,24-22-. The van der Waals surface area contributed by atoms with Gasteiger partial charge in [0.15, 0.2) is 5.79 Å². The van der Waals surface area contributed by atoms with Gasteiger partial charge in [-0.05, 0) is 111 Å². The first-order valence-electron chi connectivity index (χ1n) is 23.7. The summed E-state index contributed by atoms with van der Waals surface area (Å²) in [5, 5.41) is 0. The first-order chi connectivity index (χ1) is 26.5. The van der Waals surface area contributed by atoms with E-state index < -0.39 is 5.79 Å². The van der Waals surface area contributed by atoms with Crippen molar-refractivity contribution in [3.05, 3.63) is 36.5 Å². The van der Waals surface area contributed by atoms with E-state index in [0.717, 1.165) is 58.4 Å². The molecule has 318 valence electrons. The van der Waals surface area contributed by atoms with E-state index in [1.165, 1.54) is 154 Å².